The van der Waals surface area contributed by atoms with Crippen LogP contribution in [0.25, 0.3) is 0 Å². The van der Waals surface area contributed by atoms with Gasteiger partial charge in [0.2, 0.25) is 0 Å². The number of carbonyl (C=O) groups excluding carboxylic acids is 2. The van der Waals surface area contributed by atoms with Crippen LogP contribution in [0, 0.1) is 0 Å². The molecule has 0 aliphatic heterocycles. The Hall–Kier alpha value is -3.39. The van der Waals surface area contributed by atoms with Crippen molar-refractivity contribution in [3.8, 4) is 0 Å². The van der Waals surface area contributed by atoms with Gasteiger partial charge >= 0.3 is 0 Å². The van der Waals surface area contributed by atoms with Gasteiger partial charge < -0.3 is 15.0 Å². The van der Waals surface area contributed by atoms with Crippen molar-refractivity contribution in [2.24, 2.45) is 7.05 Å². The molecule has 0 unspecified atom stereocenters. The molecule has 1 atom stereocenters. The largest absolute Gasteiger partial charge is 0.389 e. The van der Waals surface area contributed by atoms with Crippen LogP contribution < -0.4 is 5.32 Å². The molecule has 2 N–H and O–H groups in total. The Kier molecular flexibility index (Phi) is 7.15. The van der Waals surface area contributed by atoms with E-state index in [1.807, 2.05) is 35.9 Å². The van der Waals surface area contributed by atoms with Crippen molar-refractivity contribution in [2.75, 3.05) is 6.54 Å². The van der Waals surface area contributed by atoms with Gasteiger partial charge in [0.15, 0.2) is 5.78 Å². The highest BCUT2D eigenvalue weighted by molar-refractivity contribution is 5.98. The van der Waals surface area contributed by atoms with E-state index in [4.69, 9.17) is 0 Å². The van der Waals surface area contributed by atoms with Crippen molar-refractivity contribution in [1.82, 2.24) is 25.1 Å². The molecule has 8 heteroatoms. The second-order valence-corrected chi connectivity index (χ2v) is 8.71. The van der Waals surface area contributed by atoms with Gasteiger partial charge in [-0.3, -0.25) is 9.59 Å². The third-order valence-corrected chi connectivity index (χ3v) is 5.13. The number of nitrogens with one attached hydrogen (secondary N) is 1. The molecule has 0 saturated heterocycles. The minimum absolute atomic E-state index is 0.0883. The minimum Gasteiger partial charge on any atom is -0.389 e. The first-order valence-electron chi connectivity index (χ1n) is 10.5. The number of pyridine rings is 1. The Morgan fingerprint density at radius 2 is 1.88 bits per heavy atom. The van der Waals surface area contributed by atoms with Gasteiger partial charge in [0, 0.05) is 26.4 Å². The van der Waals surface area contributed by atoms with E-state index in [1.54, 1.807) is 38.4 Å². The molecule has 2 heterocycles. The average Bonchev–Trinajstić information content (AvgIpc) is 3.16. The summed E-state index contributed by atoms with van der Waals surface area (Å²) < 4.78 is 1.90. The molecule has 0 aliphatic carbocycles. The number of nitrogens with zero attached hydrogens (tertiary/aromatic N) is 4. The fourth-order valence-electron chi connectivity index (χ4n) is 3.27. The zero-order valence-corrected chi connectivity index (χ0v) is 18.9. The molecule has 0 saturated carbocycles. The molecule has 168 valence electrons. The van der Waals surface area contributed by atoms with Gasteiger partial charge in [-0.15, -0.1) is 10.2 Å². The molecular weight excluding hydrogens is 406 g/mol. The molecule has 3 aromatic rings. The smallest absolute Gasteiger partial charge is 0.270 e. The van der Waals surface area contributed by atoms with E-state index in [9.17, 15) is 14.7 Å². The summed E-state index contributed by atoms with van der Waals surface area (Å²) in [6.07, 6.45) is 2.62. The van der Waals surface area contributed by atoms with Gasteiger partial charge in [-0.25, -0.2) is 4.98 Å². The molecule has 1 amide bonds. The maximum atomic E-state index is 12.8. The quantitative estimate of drug-likeness (QED) is 0.500. The Balaban J connectivity index is 1.68. The summed E-state index contributed by atoms with van der Waals surface area (Å²) in [4.78, 5) is 29.3. The highest BCUT2D eigenvalue weighted by atomic mass is 16.3. The summed E-state index contributed by atoms with van der Waals surface area (Å²) in [5.41, 5.74) is 1.35. The SMILES string of the molecule is C[C@H](Cc1nncn1C)c1cccc(CC(=O)c2cccc(C(=O)NCC(C)(C)O)n2)c1. The number of hydrogen-bond donors (Lipinski definition) is 2. The normalized spacial score (nSPS) is 12.4. The highest BCUT2D eigenvalue weighted by Crippen LogP contribution is 2.21. The van der Waals surface area contributed by atoms with Gasteiger partial charge in [-0.2, -0.15) is 0 Å². The number of rotatable bonds is 9. The number of carbonyl (C=O) groups is 2. The molecule has 0 bridgehead atoms. The molecule has 0 aliphatic rings. The number of aryl methyl sites for hydroxylation is 1. The summed E-state index contributed by atoms with van der Waals surface area (Å²) in [5, 5.41) is 20.5. The molecule has 3 rings (SSSR count). The average molecular weight is 436 g/mol. The summed E-state index contributed by atoms with van der Waals surface area (Å²) in [6.45, 7) is 5.41. The summed E-state index contributed by atoms with van der Waals surface area (Å²) in [6, 6.07) is 12.7. The number of ketones is 1. The van der Waals surface area contributed by atoms with Crippen LogP contribution in [0.2, 0.25) is 0 Å². The van der Waals surface area contributed by atoms with Crippen LogP contribution in [0.4, 0.5) is 0 Å². The van der Waals surface area contributed by atoms with E-state index in [2.05, 4.69) is 27.4 Å². The molecule has 2 aromatic heterocycles. The molecule has 0 spiro atoms. The summed E-state index contributed by atoms with van der Waals surface area (Å²) in [5.74, 6) is 0.526. The van der Waals surface area contributed by atoms with E-state index in [1.165, 1.54) is 0 Å². The van der Waals surface area contributed by atoms with Gasteiger partial charge in [-0.1, -0.05) is 37.3 Å². The molecule has 1 aromatic carbocycles. The Labute approximate surface area is 187 Å². The lowest BCUT2D eigenvalue weighted by Gasteiger charge is -2.17. The van der Waals surface area contributed by atoms with Crippen molar-refractivity contribution in [2.45, 2.75) is 45.1 Å². The number of Topliss-reactive ketones (excluding diaryl/α,β-unsaturated/α-hetero) is 1. The van der Waals surface area contributed by atoms with Crippen molar-refractivity contribution >= 4 is 11.7 Å². The van der Waals surface area contributed by atoms with E-state index in [-0.39, 0.29) is 36.1 Å². The van der Waals surface area contributed by atoms with Crippen LogP contribution in [0.1, 0.15) is 64.6 Å². The van der Waals surface area contributed by atoms with Crippen molar-refractivity contribution in [3.63, 3.8) is 0 Å². The molecular formula is C24H29N5O3. The van der Waals surface area contributed by atoms with Crippen LogP contribution >= 0.6 is 0 Å². The van der Waals surface area contributed by atoms with Crippen molar-refractivity contribution in [3.05, 3.63) is 77.1 Å². The number of hydrogen-bond acceptors (Lipinski definition) is 6. The second kappa shape index (κ2) is 9.82. The van der Waals surface area contributed by atoms with Gasteiger partial charge in [0.25, 0.3) is 5.91 Å². The molecule has 0 radical (unpaired) electrons. The van der Waals surface area contributed by atoms with E-state index < -0.39 is 11.5 Å². The maximum Gasteiger partial charge on any atom is 0.270 e. The fourth-order valence-corrected chi connectivity index (χ4v) is 3.27. The van der Waals surface area contributed by atoms with Gasteiger partial charge in [0.05, 0.1) is 5.60 Å². The topological polar surface area (TPSA) is 110 Å². The third kappa shape index (κ3) is 6.31. The highest BCUT2D eigenvalue weighted by Gasteiger charge is 2.17. The summed E-state index contributed by atoms with van der Waals surface area (Å²) >= 11 is 0. The van der Waals surface area contributed by atoms with E-state index >= 15 is 0 Å². The van der Waals surface area contributed by atoms with Crippen LogP contribution in [-0.4, -0.2) is 48.7 Å². The number of amides is 1. The van der Waals surface area contributed by atoms with Crippen LogP contribution in [-0.2, 0) is 19.9 Å². The fraction of sp³-hybridized carbons (Fsp3) is 0.375. The first-order chi connectivity index (χ1) is 15.1. The summed E-state index contributed by atoms with van der Waals surface area (Å²) in [7, 11) is 1.92. The zero-order chi connectivity index (χ0) is 23.3. The zero-order valence-electron chi connectivity index (χ0n) is 18.9. The lowest BCUT2D eigenvalue weighted by molar-refractivity contribution is 0.0691. The predicted molar refractivity (Wildman–Crippen MR) is 120 cm³/mol. The Morgan fingerprint density at radius 1 is 1.16 bits per heavy atom. The Bertz CT molecular complexity index is 1100. The number of aromatic nitrogens is 4. The first-order valence-corrected chi connectivity index (χ1v) is 10.5. The molecule has 8 nitrogen and oxygen atoms in total. The van der Waals surface area contributed by atoms with Crippen LogP contribution in [0.3, 0.4) is 0 Å². The van der Waals surface area contributed by atoms with Crippen LogP contribution in [0.15, 0.2) is 48.8 Å². The Morgan fingerprint density at radius 3 is 2.56 bits per heavy atom. The van der Waals surface area contributed by atoms with Crippen LogP contribution in [0.5, 0.6) is 0 Å². The van der Waals surface area contributed by atoms with Crippen molar-refractivity contribution in [1.29, 1.82) is 0 Å². The lowest BCUT2D eigenvalue weighted by Crippen LogP contribution is -2.38. The molecule has 32 heavy (non-hydrogen) atoms. The standard InChI is InChI=1S/C24H29N5O3/c1-16(11-22-28-26-15-29(22)4)18-8-5-7-17(12-18)13-21(30)19-9-6-10-20(27-19)23(31)25-14-24(2,3)32/h5-10,12,15-16,32H,11,13-14H2,1-4H3,(H,25,31)/t16-/m1/s1. The number of benzene rings is 1. The van der Waals surface area contributed by atoms with Gasteiger partial charge in [-0.05, 0) is 43.0 Å². The maximum absolute atomic E-state index is 12.8. The lowest BCUT2D eigenvalue weighted by atomic mass is 9.94. The van der Waals surface area contributed by atoms with E-state index in [0.29, 0.717) is 0 Å². The predicted octanol–water partition coefficient (Wildman–Crippen LogP) is 2.48. The van der Waals surface area contributed by atoms with Crippen molar-refractivity contribution < 1.29 is 14.7 Å². The number of aliphatic hydroxyl groups is 1. The third-order valence-electron chi connectivity index (χ3n) is 5.13. The second-order valence-electron chi connectivity index (χ2n) is 8.71. The first kappa shape index (κ1) is 23.3. The van der Waals surface area contributed by atoms with Gasteiger partial charge in [0.1, 0.15) is 23.5 Å². The monoisotopic (exact) mass is 435 g/mol. The molecule has 0 fully saturated rings. The van der Waals surface area contributed by atoms with E-state index in [0.717, 1.165) is 23.4 Å². The minimum atomic E-state index is -1.03.